The summed E-state index contributed by atoms with van der Waals surface area (Å²) in [5.41, 5.74) is 7.00. The van der Waals surface area contributed by atoms with Crippen molar-refractivity contribution in [3.8, 4) is 0 Å². The van der Waals surface area contributed by atoms with Gasteiger partial charge in [-0.1, -0.05) is 24.3 Å². The maximum absolute atomic E-state index is 5.45. The Morgan fingerprint density at radius 1 is 0.963 bits per heavy atom. The van der Waals surface area contributed by atoms with Gasteiger partial charge in [0, 0.05) is 35.4 Å². The molecule has 0 bridgehead atoms. The quantitative estimate of drug-likeness (QED) is 0.732. The van der Waals surface area contributed by atoms with E-state index in [1.54, 1.807) is 0 Å². The van der Waals surface area contributed by atoms with E-state index >= 15 is 0 Å². The molecule has 0 amide bonds. The van der Waals surface area contributed by atoms with Crippen LogP contribution in [0.3, 0.4) is 0 Å². The lowest BCUT2D eigenvalue weighted by Crippen LogP contribution is -2.36. The lowest BCUT2D eigenvalue weighted by Gasteiger charge is -2.29. The number of para-hydroxylation sites is 1. The molecule has 27 heavy (non-hydrogen) atoms. The van der Waals surface area contributed by atoms with Gasteiger partial charge in [-0.05, 0) is 49.2 Å². The molecule has 0 atom stereocenters. The first-order valence-corrected chi connectivity index (χ1v) is 9.66. The van der Waals surface area contributed by atoms with Crippen LogP contribution in [0, 0.1) is 0 Å². The Balaban J connectivity index is 1.50. The maximum Gasteiger partial charge on any atom is 0.0730 e. The molecule has 1 aliphatic heterocycles. The molecule has 4 heteroatoms. The molecule has 4 nitrogen and oxygen atoms in total. The fraction of sp³-hybridized carbons (Fsp3) is 0.261. The number of nitrogens with zero attached hydrogens (tertiary/aromatic N) is 2. The molecule has 2 aromatic carbocycles. The summed E-state index contributed by atoms with van der Waals surface area (Å²) in [5.74, 6) is 0. The van der Waals surface area contributed by atoms with Crippen LogP contribution in [0.25, 0.3) is 17.0 Å². The molecular formula is C23H23N3O. The van der Waals surface area contributed by atoms with Crippen LogP contribution in [0.5, 0.6) is 0 Å². The number of nitrogens with one attached hydrogen (secondary N) is 1. The van der Waals surface area contributed by atoms with Gasteiger partial charge in [0.15, 0.2) is 0 Å². The predicted molar refractivity (Wildman–Crippen MR) is 112 cm³/mol. The smallest absolute Gasteiger partial charge is 0.0730 e. The third-order valence-electron chi connectivity index (χ3n) is 5.37. The summed E-state index contributed by atoms with van der Waals surface area (Å²) in [5, 5.41) is 4.87. The van der Waals surface area contributed by atoms with E-state index in [0.29, 0.717) is 0 Å². The first-order chi connectivity index (χ1) is 13.4. The number of anilines is 3. The van der Waals surface area contributed by atoms with E-state index in [1.165, 1.54) is 22.3 Å². The van der Waals surface area contributed by atoms with Crippen LogP contribution in [-0.4, -0.2) is 31.3 Å². The van der Waals surface area contributed by atoms with Gasteiger partial charge in [-0.25, -0.2) is 4.98 Å². The fourth-order valence-electron chi connectivity index (χ4n) is 3.95. The number of pyridine rings is 1. The second kappa shape index (κ2) is 7.05. The minimum absolute atomic E-state index is 0.808. The molecule has 0 unspecified atom stereocenters. The SMILES string of the molecule is C1=Cc2nc3ccccc3c(Nc3ccc(N4CCOCC4)cc3)c2CC1. The number of benzene rings is 2. The molecule has 1 N–H and O–H groups in total. The van der Waals surface area contributed by atoms with Gasteiger partial charge in [0.2, 0.25) is 0 Å². The third kappa shape index (κ3) is 3.17. The topological polar surface area (TPSA) is 37.4 Å². The second-order valence-electron chi connectivity index (χ2n) is 7.08. The fourth-order valence-corrected chi connectivity index (χ4v) is 3.95. The number of ether oxygens (including phenoxy) is 1. The molecule has 0 radical (unpaired) electrons. The monoisotopic (exact) mass is 357 g/mol. The van der Waals surface area contributed by atoms with E-state index in [4.69, 9.17) is 9.72 Å². The first kappa shape index (κ1) is 16.3. The van der Waals surface area contributed by atoms with Crippen molar-refractivity contribution in [1.29, 1.82) is 0 Å². The number of fused-ring (bicyclic) bond motifs is 2. The maximum atomic E-state index is 5.45. The summed E-state index contributed by atoms with van der Waals surface area (Å²) in [7, 11) is 0. The molecule has 136 valence electrons. The Hall–Kier alpha value is -2.85. The Morgan fingerprint density at radius 2 is 1.78 bits per heavy atom. The van der Waals surface area contributed by atoms with Gasteiger partial charge in [-0.3, -0.25) is 0 Å². The van der Waals surface area contributed by atoms with Crippen LogP contribution in [0.4, 0.5) is 17.1 Å². The lowest BCUT2D eigenvalue weighted by atomic mass is 9.97. The van der Waals surface area contributed by atoms with Crippen molar-refractivity contribution < 1.29 is 4.74 Å². The van der Waals surface area contributed by atoms with Gasteiger partial charge in [0.25, 0.3) is 0 Å². The number of morpholine rings is 1. The predicted octanol–water partition coefficient (Wildman–Crippen LogP) is 4.77. The van der Waals surface area contributed by atoms with Gasteiger partial charge in [0.1, 0.15) is 0 Å². The Labute approximate surface area is 159 Å². The van der Waals surface area contributed by atoms with E-state index in [9.17, 15) is 0 Å². The number of hydrogen-bond donors (Lipinski definition) is 1. The number of rotatable bonds is 3. The number of allylic oxidation sites excluding steroid dienone is 1. The van der Waals surface area contributed by atoms with Gasteiger partial charge >= 0.3 is 0 Å². The standard InChI is InChI=1S/C23H23N3O/c1-3-7-21-19(5-1)23(20-6-2-4-8-22(20)25-21)24-17-9-11-18(12-10-17)26-13-15-27-16-14-26/h1,3-5,7-12H,2,6,13-16H2,(H,24,25). The van der Waals surface area contributed by atoms with E-state index in [2.05, 4.69) is 70.9 Å². The molecule has 1 aromatic heterocycles. The van der Waals surface area contributed by atoms with Crippen molar-refractivity contribution >= 4 is 34.0 Å². The molecule has 2 heterocycles. The normalized spacial score (nSPS) is 16.4. The van der Waals surface area contributed by atoms with Crippen LogP contribution < -0.4 is 10.2 Å². The highest BCUT2D eigenvalue weighted by atomic mass is 16.5. The van der Waals surface area contributed by atoms with Crippen molar-refractivity contribution in [3.05, 3.63) is 65.9 Å². The molecular weight excluding hydrogens is 334 g/mol. The van der Waals surface area contributed by atoms with Crippen LogP contribution >= 0.6 is 0 Å². The molecule has 1 saturated heterocycles. The molecule has 2 aliphatic rings. The summed E-state index contributed by atoms with van der Waals surface area (Å²) in [6.45, 7) is 3.54. The minimum atomic E-state index is 0.808. The molecule has 1 aliphatic carbocycles. The average Bonchev–Trinajstić information content (AvgIpc) is 2.75. The molecule has 3 aromatic rings. The van der Waals surface area contributed by atoms with Crippen LogP contribution in [0.2, 0.25) is 0 Å². The molecule has 0 spiro atoms. The highest BCUT2D eigenvalue weighted by Gasteiger charge is 2.16. The van der Waals surface area contributed by atoms with Crippen molar-refractivity contribution in [2.45, 2.75) is 12.8 Å². The van der Waals surface area contributed by atoms with Crippen LogP contribution in [-0.2, 0) is 11.2 Å². The summed E-state index contributed by atoms with van der Waals surface area (Å²) < 4.78 is 5.45. The van der Waals surface area contributed by atoms with E-state index in [-0.39, 0.29) is 0 Å². The summed E-state index contributed by atoms with van der Waals surface area (Å²) in [4.78, 5) is 7.22. The average molecular weight is 357 g/mol. The van der Waals surface area contributed by atoms with E-state index in [0.717, 1.165) is 56.0 Å². The summed E-state index contributed by atoms with van der Waals surface area (Å²) >= 11 is 0. The zero-order chi connectivity index (χ0) is 18.1. The van der Waals surface area contributed by atoms with Crippen molar-refractivity contribution in [2.75, 3.05) is 36.5 Å². The third-order valence-corrected chi connectivity index (χ3v) is 5.37. The number of aromatic nitrogens is 1. The van der Waals surface area contributed by atoms with Crippen molar-refractivity contribution in [3.63, 3.8) is 0 Å². The zero-order valence-corrected chi connectivity index (χ0v) is 15.3. The molecule has 1 fully saturated rings. The first-order valence-electron chi connectivity index (χ1n) is 9.66. The molecule has 5 rings (SSSR count). The summed E-state index contributed by atoms with van der Waals surface area (Å²) in [6.07, 6.45) is 6.46. The highest BCUT2D eigenvalue weighted by molar-refractivity contribution is 5.96. The highest BCUT2D eigenvalue weighted by Crippen LogP contribution is 2.34. The van der Waals surface area contributed by atoms with E-state index < -0.39 is 0 Å². The second-order valence-corrected chi connectivity index (χ2v) is 7.08. The van der Waals surface area contributed by atoms with Gasteiger partial charge in [-0.2, -0.15) is 0 Å². The number of hydrogen-bond acceptors (Lipinski definition) is 4. The minimum Gasteiger partial charge on any atom is -0.378 e. The molecule has 0 saturated carbocycles. The summed E-state index contributed by atoms with van der Waals surface area (Å²) in [6, 6.07) is 17.1. The van der Waals surface area contributed by atoms with Crippen LogP contribution in [0.15, 0.2) is 54.6 Å². The Morgan fingerprint density at radius 3 is 2.63 bits per heavy atom. The largest absolute Gasteiger partial charge is 0.378 e. The Kier molecular flexibility index (Phi) is 4.26. The van der Waals surface area contributed by atoms with Crippen LogP contribution in [0.1, 0.15) is 17.7 Å². The Bertz CT molecular complexity index is 988. The van der Waals surface area contributed by atoms with E-state index in [1.807, 2.05) is 0 Å². The van der Waals surface area contributed by atoms with Gasteiger partial charge in [-0.15, -0.1) is 0 Å². The van der Waals surface area contributed by atoms with Gasteiger partial charge in [0.05, 0.1) is 30.1 Å². The van der Waals surface area contributed by atoms with Crippen molar-refractivity contribution in [2.24, 2.45) is 0 Å². The zero-order valence-electron chi connectivity index (χ0n) is 15.3. The van der Waals surface area contributed by atoms with Gasteiger partial charge < -0.3 is 15.0 Å². The van der Waals surface area contributed by atoms with Crippen molar-refractivity contribution in [1.82, 2.24) is 4.98 Å². The lowest BCUT2D eigenvalue weighted by molar-refractivity contribution is 0.122.